The number of amides is 1. The van der Waals surface area contributed by atoms with E-state index in [2.05, 4.69) is 29.9 Å². The lowest BCUT2D eigenvalue weighted by atomic mass is 10.1. The van der Waals surface area contributed by atoms with Gasteiger partial charge in [0.25, 0.3) is 0 Å². The Kier molecular flexibility index (Phi) is 11.3. The van der Waals surface area contributed by atoms with E-state index in [0.29, 0.717) is 29.6 Å². The van der Waals surface area contributed by atoms with Crippen molar-refractivity contribution in [2.75, 3.05) is 26.9 Å². The van der Waals surface area contributed by atoms with Gasteiger partial charge in [0, 0.05) is 32.3 Å². The zero-order chi connectivity index (χ0) is 30.9. The second-order valence-corrected chi connectivity index (χ2v) is 17.6. The molecule has 0 fully saturated rings. The summed E-state index contributed by atoms with van der Waals surface area (Å²) in [6.07, 6.45) is 3.58. The number of imidazole rings is 1. The van der Waals surface area contributed by atoms with E-state index in [1.165, 1.54) is 6.08 Å². The number of rotatable bonds is 14. The zero-order valence-corrected chi connectivity index (χ0v) is 26.5. The first-order valence-electron chi connectivity index (χ1n) is 13.8. The quantitative estimate of drug-likeness (QED) is 0.137. The van der Waals surface area contributed by atoms with E-state index in [1.807, 2.05) is 41.1 Å². The molecule has 3 aromatic rings. The van der Waals surface area contributed by atoms with Gasteiger partial charge in [0.2, 0.25) is 5.88 Å². The van der Waals surface area contributed by atoms with Crippen molar-refractivity contribution >= 4 is 31.0 Å². The number of pyridine rings is 1. The molecule has 2 aromatic heterocycles. The summed E-state index contributed by atoms with van der Waals surface area (Å²) < 4.78 is 24.8. The molecule has 1 unspecified atom stereocenters. The van der Waals surface area contributed by atoms with Crippen molar-refractivity contribution in [1.82, 2.24) is 19.9 Å². The molecule has 0 radical (unpaired) electrons. The van der Waals surface area contributed by atoms with Crippen LogP contribution in [0.5, 0.6) is 5.88 Å². The summed E-state index contributed by atoms with van der Waals surface area (Å²) in [5.74, 6) is -0.187. The maximum Gasteiger partial charge on any atom is 0.408 e. The summed E-state index contributed by atoms with van der Waals surface area (Å²) in [7, 11) is 0.247. The third kappa shape index (κ3) is 10.3. The van der Waals surface area contributed by atoms with Crippen LogP contribution in [0.2, 0.25) is 25.7 Å². The summed E-state index contributed by atoms with van der Waals surface area (Å²) in [4.78, 5) is 33.3. The van der Waals surface area contributed by atoms with E-state index in [-0.39, 0.29) is 19.9 Å². The van der Waals surface area contributed by atoms with Crippen molar-refractivity contribution in [1.29, 1.82) is 0 Å². The van der Waals surface area contributed by atoms with E-state index in [9.17, 15) is 9.59 Å². The molecule has 2 N–H and O–H groups in total. The Bertz CT molecular complexity index is 1390. The first-order chi connectivity index (χ1) is 19.8. The van der Waals surface area contributed by atoms with Crippen LogP contribution in [0.1, 0.15) is 32.6 Å². The average Bonchev–Trinajstić information content (AvgIpc) is 3.31. The van der Waals surface area contributed by atoms with E-state index >= 15 is 0 Å². The topological polar surface area (TPSA) is 134 Å². The molecule has 0 spiro atoms. The van der Waals surface area contributed by atoms with Gasteiger partial charge in [-0.1, -0.05) is 43.9 Å². The highest BCUT2D eigenvalue weighted by atomic mass is 28.3. The summed E-state index contributed by atoms with van der Waals surface area (Å²) in [6, 6.07) is 9.94. The smallest absolute Gasteiger partial charge is 0.408 e. The summed E-state index contributed by atoms with van der Waals surface area (Å²) in [6.45, 7) is 13.0. The molecule has 1 aromatic carbocycles. The van der Waals surface area contributed by atoms with Crippen molar-refractivity contribution in [3.8, 4) is 17.1 Å². The monoisotopic (exact) mass is 598 g/mol. The summed E-state index contributed by atoms with van der Waals surface area (Å²) in [5.41, 5.74) is 1.33. The lowest BCUT2D eigenvalue weighted by Crippen LogP contribution is -2.38. The number of methoxy groups -OCH3 is 1. The van der Waals surface area contributed by atoms with Crippen molar-refractivity contribution in [2.45, 2.75) is 64.8 Å². The fourth-order valence-electron chi connectivity index (χ4n) is 3.95. The van der Waals surface area contributed by atoms with E-state index in [4.69, 9.17) is 29.0 Å². The van der Waals surface area contributed by atoms with Crippen LogP contribution in [0.3, 0.4) is 0 Å². The van der Waals surface area contributed by atoms with Gasteiger partial charge in [-0.2, -0.15) is 0 Å². The van der Waals surface area contributed by atoms with Gasteiger partial charge in [0.15, 0.2) is 0 Å². The Morgan fingerprint density at radius 1 is 1.14 bits per heavy atom. The molecule has 1 amide bonds. The van der Waals surface area contributed by atoms with Crippen LogP contribution < -0.4 is 10.1 Å². The normalized spacial score (nSPS) is 12.9. The minimum Gasteiger partial charge on any atom is -0.480 e. The van der Waals surface area contributed by atoms with E-state index < -0.39 is 31.8 Å². The Morgan fingerprint density at radius 3 is 2.55 bits per heavy atom. The number of carboxylic acids is 1. The van der Waals surface area contributed by atoms with Gasteiger partial charge in [-0.3, -0.25) is 0 Å². The highest BCUT2D eigenvalue weighted by molar-refractivity contribution is 6.76. The molecule has 0 saturated heterocycles. The SMILES string of the molecule is COc1nc2ccccc2cc1-c1cn(COCC[Si](C)(C)C)c(C(COC/C=C/C(=O)O)NC(=O)OC(C)(C)C)n1. The Morgan fingerprint density at radius 2 is 1.88 bits per heavy atom. The van der Waals surface area contributed by atoms with E-state index in [1.54, 1.807) is 27.9 Å². The Labute approximate surface area is 247 Å². The Hall–Kier alpha value is -3.74. The molecule has 0 bridgehead atoms. The van der Waals surface area contributed by atoms with E-state index in [0.717, 1.165) is 23.0 Å². The molecule has 42 heavy (non-hydrogen) atoms. The number of nitrogens with one attached hydrogen (secondary N) is 1. The number of ether oxygens (including phenoxy) is 4. The number of fused-ring (bicyclic) bond motifs is 1. The van der Waals surface area contributed by atoms with Gasteiger partial charge in [-0.25, -0.2) is 19.6 Å². The zero-order valence-electron chi connectivity index (χ0n) is 25.5. The number of alkyl carbamates (subject to hydrolysis) is 1. The van der Waals surface area contributed by atoms with Crippen LogP contribution in [0.15, 0.2) is 48.7 Å². The number of carbonyl (C=O) groups excluding carboxylic acids is 1. The minimum atomic E-state index is -1.31. The lowest BCUT2D eigenvalue weighted by Gasteiger charge is -2.24. The maximum atomic E-state index is 12.9. The molecule has 12 heteroatoms. The number of carbonyl (C=O) groups is 2. The van der Waals surface area contributed by atoms with Gasteiger partial charge in [0.05, 0.1) is 37.1 Å². The average molecular weight is 599 g/mol. The fourth-order valence-corrected chi connectivity index (χ4v) is 4.71. The third-order valence-corrected chi connectivity index (χ3v) is 7.66. The molecule has 11 nitrogen and oxygen atoms in total. The largest absolute Gasteiger partial charge is 0.480 e. The van der Waals surface area contributed by atoms with Crippen LogP contribution in [0.4, 0.5) is 4.79 Å². The summed E-state index contributed by atoms with van der Waals surface area (Å²) >= 11 is 0. The third-order valence-electron chi connectivity index (χ3n) is 5.95. The van der Waals surface area contributed by atoms with Crippen molar-refractivity contribution in [2.24, 2.45) is 0 Å². The Balaban J connectivity index is 2.01. The first-order valence-corrected chi connectivity index (χ1v) is 17.5. The lowest BCUT2D eigenvalue weighted by molar-refractivity contribution is -0.131. The predicted molar refractivity (Wildman–Crippen MR) is 163 cm³/mol. The molecule has 3 rings (SSSR count). The second-order valence-electron chi connectivity index (χ2n) is 12.0. The van der Waals surface area contributed by atoms with Crippen molar-refractivity contribution in [3.63, 3.8) is 0 Å². The van der Waals surface area contributed by atoms with Gasteiger partial charge >= 0.3 is 12.1 Å². The number of carboxylic acid groups (broad SMARTS) is 1. The highest BCUT2D eigenvalue weighted by Gasteiger charge is 2.26. The molecule has 0 aliphatic carbocycles. The number of benzene rings is 1. The number of hydrogen-bond donors (Lipinski definition) is 2. The number of para-hydroxylation sites is 1. The standard InChI is InChI=1S/C30H42N4O7Si/c1-30(2,3)41-29(37)33-25(19-39-14-10-13-26(35)36)27-31-24(18-34(27)20-40-15-16-42(5,6)7)22-17-21-11-8-9-12-23(21)32-28(22)38-4/h8-13,17-18,25H,14-16,19-20H2,1-7H3,(H,33,37)(H,35,36)/b13-10+. The van der Waals surface area contributed by atoms with Crippen LogP contribution in [-0.2, 0) is 25.7 Å². The molecule has 228 valence electrons. The first kappa shape index (κ1) is 32.8. The number of nitrogens with zero attached hydrogens (tertiary/aromatic N) is 3. The van der Waals surface area contributed by atoms with Crippen LogP contribution in [0.25, 0.3) is 22.2 Å². The number of hydrogen-bond acceptors (Lipinski definition) is 8. The summed E-state index contributed by atoms with van der Waals surface area (Å²) in [5, 5.41) is 12.7. The molecule has 0 saturated carbocycles. The van der Waals surface area contributed by atoms with Gasteiger partial charge in [0.1, 0.15) is 24.2 Å². The second kappa shape index (κ2) is 14.4. The molecule has 1 atom stereocenters. The molecule has 2 heterocycles. The molecule has 0 aliphatic heterocycles. The number of aromatic nitrogens is 3. The molecule has 0 aliphatic rings. The highest BCUT2D eigenvalue weighted by Crippen LogP contribution is 2.32. The molecular weight excluding hydrogens is 556 g/mol. The van der Waals surface area contributed by atoms with Crippen LogP contribution in [0, 0.1) is 0 Å². The molecular formula is C30H42N4O7Si. The van der Waals surface area contributed by atoms with Gasteiger partial charge in [-0.05, 0) is 38.9 Å². The van der Waals surface area contributed by atoms with Gasteiger partial charge in [-0.15, -0.1) is 0 Å². The minimum absolute atomic E-state index is 0.00165. The van der Waals surface area contributed by atoms with Crippen LogP contribution in [-0.4, -0.2) is 72.3 Å². The fraction of sp³-hybridized carbons (Fsp3) is 0.467. The van der Waals surface area contributed by atoms with Crippen molar-refractivity contribution in [3.05, 3.63) is 54.5 Å². The number of aliphatic carboxylic acids is 1. The van der Waals surface area contributed by atoms with Crippen LogP contribution >= 0.6 is 0 Å². The predicted octanol–water partition coefficient (Wildman–Crippen LogP) is 5.64. The maximum absolute atomic E-state index is 12.9. The van der Waals surface area contributed by atoms with Crippen molar-refractivity contribution < 1.29 is 33.6 Å². The van der Waals surface area contributed by atoms with Gasteiger partial charge < -0.3 is 33.9 Å².